The molecule has 154 valence electrons. The zero-order valence-corrected chi connectivity index (χ0v) is 16.4. The Hall–Kier alpha value is -3.14. The number of imide groups is 1. The SMILES string of the molecule is O=C(COC(=O)C1CCCN(C(=O)c2cccs2)C1)NC(=O)NCc1ccco1. The van der Waals surface area contributed by atoms with Crippen molar-refractivity contribution < 1.29 is 28.3 Å². The monoisotopic (exact) mass is 419 g/mol. The van der Waals surface area contributed by atoms with Crippen molar-refractivity contribution in [3.63, 3.8) is 0 Å². The van der Waals surface area contributed by atoms with E-state index in [1.165, 1.54) is 17.6 Å². The topological polar surface area (TPSA) is 118 Å². The van der Waals surface area contributed by atoms with Gasteiger partial charge in [0.25, 0.3) is 11.8 Å². The van der Waals surface area contributed by atoms with E-state index in [0.717, 1.165) is 0 Å². The summed E-state index contributed by atoms with van der Waals surface area (Å²) in [6, 6.07) is 6.20. The molecule has 0 bridgehead atoms. The van der Waals surface area contributed by atoms with Crippen LogP contribution in [0, 0.1) is 5.92 Å². The number of thiophene rings is 1. The average Bonchev–Trinajstić information content (AvgIpc) is 3.44. The predicted octanol–water partition coefficient (Wildman–Crippen LogP) is 1.76. The molecule has 3 rings (SSSR count). The molecule has 2 N–H and O–H groups in total. The zero-order chi connectivity index (χ0) is 20.6. The second kappa shape index (κ2) is 9.87. The summed E-state index contributed by atoms with van der Waals surface area (Å²) in [6.45, 7) is 0.391. The Labute approximate surface area is 171 Å². The number of rotatable bonds is 6. The predicted molar refractivity (Wildman–Crippen MR) is 103 cm³/mol. The van der Waals surface area contributed by atoms with Crippen molar-refractivity contribution >= 4 is 35.2 Å². The minimum absolute atomic E-state index is 0.108. The van der Waals surface area contributed by atoms with Crippen LogP contribution in [-0.4, -0.2) is 48.4 Å². The summed E-state index contributed by atoms with van der Waals surface area (Å²) in [4.78, 5) is 50.4. The van der Waals surface area contributed by atoms with Crippen LogP contribution in [-0.2, 0) is 20.9 Å². The lowest BCUT2D eigenvalue weighted by atomic mass is 9.98. The number of likely N-dealkylation sites (tertiary alicyclic amines) is 1. The molecule has 0 aliphatic carbocycles. The number of esters is 1. The molecule has 3 heterocycles. The third-order valence-electron chi connectivity index (χ3n) is 4.38. The number of hydrogen-bond acceptors (Lipinski definition) is 7. The Morgan fingerprint density at radius 3 is 2.83 bits per heavy atom. The summed E-state index contributed by atoms with van der Waals surface area (Å²) >= 11 is 1.35. The van der Waals surface area contributed by atoms with Crippen molar-refractivity contribution in [2.75, 3.05) is 19.7 Å². The van der Waals surface area contributed by atoms with Crippen LogP contribution in [0.25, 0.3) is 0 Å². The van der Waals surface area contributed by atoms with Gasteiger partial charge in [0, 0.05) is 13.1 Å². The van der Waals surface area contributed by atoms with Crippen molar-refractivity contribution in [3.8, 4) is 0 Å². The van der Waals surface area contributed by atoms with Gasteiger partial charge in [0.05, 0.1) is 23.6 Å². The first-order valence-corrected chi connectivity index (χ1v) is 10.0. The molecule has 0 aromatic carbocycles. The number of amides is 4. The van der Waals surface area contributed by atoms with Gasteiger partial charge in [-0.25, -0.2) is 4.79 Å². The van der Waals surface area contributed by atoms with Crippen LogP contribution in [0.3, 0.4) is 0 Å². The Bertz CT molecular complexity index is 849. The van der Waals surface area contributed by atoms with Gasteiger partial charge >= 0.3 is 12.0 Å². The van der Waals surface area contributed by atoms with Gasteiger partial charge in [-0.05, 0) is 36.4 Å². The van der Waals surface area contributed by atoms with E-state index in [9.17, 15) is 19.2 Å². The average molecular weight is 419 g/mol. The molecule has 1 aliphatic rings. The highest BCUT2D eigenvalue weighted by Crippen LogP contribution is 2.21. The van der Waals surface area contributed by atoms with Gasteiger partial charge in [-0.15, -0.1) is 11.3 Å². The van der Waals surface area contributed by atoms with Gasteiger partial charge in [0.2, 0.25) is 0 Å². The standard InChI is InChI=1S/C19H21N3O6S/c23-16(21-19(26)20-10-14-5-2-8-27-14)12-28-18(25)13-4-1-7-22(11-13)17(24)15-6-3-9-29-15/h2-3,5-6,8-9,13H,1,4,7,10-12H2,(H2,20,21,23,26). The second-order valence-corrected chi connectivity index (χ2v) is 7.43. The Balaban J connectivity index is 1.39. The molecule has 1 aliphatic heterocycles. The van der Waals surface area contributed by atoms with E-state index in [4.69, 9.17) is 9.15 Å². The number of nitrogens with zero attached hydrogens (tertiary/aromatic N) is 1. The molecule has 2 aromatic rings. The van der Waals surface area contributed by atoms with Gasteiger partial charge in [-0.3, -0.25) is 19.7 Å². The lowest BCUT2D eigenvalue weighted by molar-refractivity contribution is -0.153. The summed E-state index contributed by atoms with van der Waals surface area (Å²) in [6.07, 6.45) is 2.73. The second-order valence-electron chi connectivity index (χ2n) is 6.49. The van der Waals surface area contributed by atoms with Gasteiger partial charge in [-0.1, -0.05) is 6.07 Å². The molecule has 1 atom stereocenters. The summed E-state index contributed by atoms with van der Waals surface area (Å²) in [5.74, 6) is -1.35. The Kier molecular flexibility index (Phi) is 7.01. The van der Waals surface area contributed by atoms with Crippen LogP contribution < -0.4 is 10.6 Å². The Morgan fingerprint density at radius 2 is 2.10 bits per heavy atom. The molecule has 4 amide bonds. The van der Waals surface area contributed by atoms with Crippen molar-refractivity contribution in [2.45, 2.75) is 19.4 Å². The van der Waals surface area contributed by atoms with Crippen LogP contribution in [0.2, 0.25) is 0 Å². The third kappa shape index (κ3) is 5.92. The lowest BCUT2D eigenvalue weighted by Gasteiger charge is -2.31. The number of carbonyl (C=O) groups is 4. The van der Waals surface area contributed by atoms with Crippen LogP contribution in [0.4, 0.5) is 4.79 Å². The van der Waals surface area contributed by atoms with Crippen LogP contribution >= 0.6 is 11.3 Å². The summed E-state index contributed by atoms with van der Waals surface area (Å²) in [7, 11) is 0. The highest BCUT2D eigenvalue weighted by Gasteiger charge is 2.30. The molecular formula is C19H21N3O6S. The number of ether oxygens (including phenoxy) is 1. The van der Waals surface area contributed by atoms with E-state index < -0.39 is 30.4 Å². The molecule has 1 fully saturated rings. The van der Waals surface area contributed by atoms with Gasteiger partial charge in [-0.2, -0.15) is 0 Å². The summed E-state index contributed by atoms with van der Waals surface area (Å²) < 4.78 is 10.1. The third-order valence-corrected chi connectivity index (χ3v) is 5.23. The highest BCUT2D eigenvalue weighted by atomic mass is 32.1. The number of nitrogens with one attached hydrogen (secondary N) is 2. The molecular weight excluding hydrogens is 398 g/mol. The number of carbonyl (C=O) groups excluding carboxylic acids is 4. The quantitative estimate of drug-likeness (QED) is 0.689. The van der Waals surface area contributed by atoms with Gasteiger partial charge in [0.15, 0.2) is 6.61 Å². The van der Waals surface area contributed by atoms with E-state index >= 15 is 0 Å². The fourth-order valence-corrected chi connectivity index (χ4v) is 3.64. The number of urea groups is 1. The minimum Gasteiger partial charge on any atom is -0.467 e. The first-order chi connectivity index (χ1) is 14.0. The largest absolute Gasteiger partial charge is 0.467 e. The summed E-state index contributed by atoms with van der Waals surface area (Å²) in [5, 5.41) is 6.35. The first-order valence-electron chi connectivity index (χ1n) is 9.12. The Morgan fingerprint density at radius 1 is 1.24 bits per heavy atom. The number of hydrogen-bond donors (Lipinski definition) is 2. The number of furan rings is 1. The maximum absolute atomic E-state index is 12.4. The van der Waals surface area contributed by atoms with Crippen LogP contribution in [0.1, 0.15) is 28.3 Å². The zero-order valence-electron chi connectivity index (χ0n) is 15.6. The van der Waals surface area contributed by atoms with Crippen molar-refractivity contribution in [1.82, 2.24) is 15.5 Å². The fourth-order valence-electron chi connectivity index (χ4n) is 2.95. The molecule has 1 saturated heterocycles. The molecule has 1 unspecified atom stereocenters. The molecule has 0 radical (unpaired) electrons. The van der Waals surface area contributed by atoms with Crippen molar-refractivity contribution in [3.05, 3.63) is 46.5 Å². The van der Waals surface area contributed by atoms with Crippen molar-refractivity contribution in [1.29, 1.82) is 0 Å². The first kappa shape index (κ1) is 20.6. The molecule has 2 aromatic heterocycles. The lowest BCUT2D eigenvalue weighted by Crippen LogP contribution is -2.44. The molecule has 0 saturated carbocycles. The van der Waals surface area contributed by atoms with E-state index in [2.05, 4.69) is 10.6 Å². The highest BCUT2D eigenvalue weighted by molar-refractivity contribution is 7.12. The maximum atomic E-state index is 12.4. The minimum atomic E-state index is -0.738. The summed E-state index contributed by atoms with van der Waals surface area (Å²) in [5.41, 5.74) is 0. The van der Waals surface area contributed by atoms with Gasteiger partial charge in [0.1, 0.15) is 5.76 Å². The molecule has 9 nitrogen and oxygen atoms in total. The van der Waals surface area contributed by atoms with Crippen LogP contribution in [0.15, 0.2) is 40.3 Å². The molecule has 10 heteroatoms. The fraction of sp³-hybridized carbons (Fsp3) is 0.368. The van der Waals surface area contributed by atoms with Crippen LogP contribution in [0.5, 0.6) is 0 Å². The molecule has 0 spiro atoms. The van der Waals surface area contributed by atoms with E-state index in [1.54, 1.807) is 29.2 Å². The smallest absolute Gasteiger partial charge is 0.321 e. The normalized spacial score (nSPS) is 16.1. The van der Waals surface area contributed by atoms with E-state index in [0.29, 0.717) is 30.0 Å². The van der Waals surface area contributed by atoms with E-state index in [1.807, 2.05) is 5.38 Å². The maximum Gasteiger partial charge on any atom is 0.321 e. The van der Waals surface area contributed by atoms with Crippen molar-refractivity contribution in [2.24, 2.45) is 5.92 Å². The van der Waals surface area contributed by atoms with Gasteiger partial charge < -0.3 is 19.4 Å². The van der Waals surface area contributed by atoms with E-state index in [-0.39, 0.29) is 19.0 Å². The number of piperidine rings is 1. The molecule has 29 heavy (non-hydrogen) atoms.